The highest BCUT2D eigenvalue weighted by Crippen LogP contribution is 2.12. The van der Waals surface area contributed by atoms with Gasteiger partial charge in [0.2, 0.25) is 5.91 Å². The fraction of sp³-hybridized carbons (Fsp3) is 0.643. The van der Waals surface area contributed by atoms with Crippen LogP contribution in [0.2, 0.25) is 0 Å². The number of hydrogen-bond acceptors (Lipinski definition) is 5. The van der Waals surface area contributed by atoms with Crippen molar-refractivity contribution >= 4 is 17.5 Å². The molecule has 0 aromatic carbocycles. The van der Waals surface area contributed by atoms with Crippen molar-refractivity contribution in [2.24, 2.45) is 5.92 Å². The minimum absolute atomic E-state index is 0.00473. The van der Waals surface area contributed by atoms with Crippen LogP contribution in [0.5, 0.6) is 0 Å². The monoisotopic (exact) mass is 280 g/mol. The fourth-order valence-electron chi connectivity index (χ4n) is 1.81. The molecule has 1 aromatic rings. The summed E-state index contributed by atoms with van der Waals surface area (Å²) in [6.45, 7) is 5.50. The third-order valence-corrected chi connectivity index (χ3v) is 3.10. The van der Waals surface area contributed by atoms with Crippen LogP contribution in [0.3, 0.4) is 0 Å². The van der Waals surface area contributed by atoms with E-state index in [0.29, 0.717) is 18.2 Å². The number of hydrogen-bond donors (Lipinski definition) is 2. The summed E-state index contributed by atoms with van der Waals surface area (Å²) in [5.41, 5.74) is 0. The van der Waals surface area contributed by atoms with E-state index < -0.39 is 0 Å². The molecule has 0 aliphatic carbocycles. The number of ether oxygens (including phenoxy) is 1. The standard InChI is InChI=1S/C14H24N4O2/c1-4-11(5-2)14(19)16-13-8-7-12(17-18-13)15-9-6-10-20-3/h7-8,11H,4-6,9-10H2,1-3H3,(H,15,17)(H,16,18,19). The number of amides is 1. The lowest BCUT2D eigenvalue weighted by atomic mass is 10.0. The van der Waals surface area contributed by atoms with Crippen LogP contribution in [0, 0.1) is 5.92 Å². The van der Waals surface area contributed by atoms with Gasteiger partial charge in [-0.2, -0.15) is 0 Å². The van der Waals surface area contributed by atoms with Gasteiger partial charge in [-0.3, -0.25) is 4.79 Å². The Morgan fingerprint density at radius 1 is 1.25 bits per heavy atom. The summed E-state index contributed by atoms with van der Waals surface area (Å²) in [6, 6.07) is 3.56. The van der Waals surface area contributed by atoms with E-state index >= 15 is 0 Å². The summed E-state index contributed by atoms with van der Waals surface area (Å²) in [7, 11) is 1.68. The summed E-state index contributed by atoms with van der Waals surface area (Å²) in [6.07, 6.45) is 2.56. The molecule has 0 aliphatic heterocycles. The molecule has 1 rings (SSSR count). The van der Waals surface area contributed by atoms with Gasteiger partial charge in [0.05, 0.1) is 0 Å². The number of methoxy groups -OCH3 is 1. The van der Waals surface area contributed by atoms with Gasteiger partial charge in [-0.25, -0.2) is 0 Å². The lowest BCUT2D eigenvalue weighted by Gasteiger charge is -2.12. The third kappa shape index (κ3) is 5.52. The van der Waals surface area contributed by atoms with Gasteiger partial charge < -0.3 is 15.4 Å². The molecule has 112 valence electrons. The molecular formula is C14H24N4O2. The maximum atomic E-state index is 11.9. The average Bonchev–Trinajstić information content (AvgIpc) is 2.46. The first-order chi connectivity index (χ1) is 9.71. The van der Waals surface area contributed by atoms with Gasteiger partial charge in [-0.15, -0.1) is 10.2 Å². The highest BCUT2D eigenvalue weighted by atomic mass is 16.5. The maximum absolute atomic E-state index is 11.9. The molecule has 0 atom stereocenters. The highest BCUT2D eigenvalue weighted by Gasteiger charge is 2.14. The summed E-state index contributed by atoms with van der Waals surface area (Å²) in [5, 5.41) is 13.9. The molecule has 1 aromatic heterocycles. The molecule has 0 fully saturated rings. The first-order valence-electron chi connectivity index (χ1n) is 7.08. The first-order valence-corrected chi connectivity index (χ1v) is 7.08. The Morgan fingerprint density at radius 3 is 2.45 bits per heavy atom. The number of carbonyl (C=O) groups is 1. The van der Waals surface area contributed by atoms with E-state index in [-0.39, 0.29) is 11.8 Å². The van der Waals surface area contributed by atoms with Crippen LogP contribution in [-0.4, -0.2) is 36.4 Å². The molecule has 0 bridgehead atoms. The molecule has 1 amide bonds. The van der Waals surface area contributed by atoms with E-state index in [4.69, 9.17) is 4.74 Å². The molecule has 0 spiro atoms. The molecule has 0 unspecified atom stereocenters. The molecule has 0 radical (unpaired) electrons. The number of rotatable bonds is 9. The van der Waals surface area contributed by atoms with Crippen LogP contribution in [0.25, 0.3) is 0 Å². The molecule has 20 heavy (non-hydrogen) atoms. The number of nitrogens with one attached hydrogen (secondary N) is 2. The summed E-state index contributed by atoms with van der Waals surface area (Å²) < 4.78 is 4.96. The molecule has 6 nitrogen and oxygen atoms in total. The van der Waals surface area contributed by atoms with Crippen molar-refractivity contribution in [1.82, 2.24) is 10.2 Å². The number of nitrogens with zero attached hydrogens (tertiary/aromatic N) is 2. The lowest BCUT2D eigenvalue weighted by molar-refractivity contribution is -0.120. The van der Waals surface area contributed by atoms with Crippen molar-refractivity contribution in [2.75, 3.05) is 30.9 Å². The Hall–Kier alpha value is -1.69. The quantitative estimate of drug-likeness (QED) is 0.679. The Morgan fingerprint density at radius 2 is 1.90 bits per heavy atom. The van der Waals surface area contributed by atoms with E-state index in [1.54, 1.807) is 13.2 Å². The zero-order chi connectivity index (χ0) is 14.8. The van der Waals surface area contributed by atoms with Crippen LogP contribution >= 0.6 is 0 Å². The zero-order valence-corrected chi connectivity index (χ0v) is 12.5. The van der Waals surface area contributed by atoms with E-state index in [1.165, 1.54) is 0 Å². The molecular weight excluding hydrogens is 256 g/mol. The highest BCUT2D eigenvalue weighted by molar-refractivity contribution is 5.91. The fourth-order valence-corrected chi connectivity index (χ4v) is 1.81. The number of carbonyl (C=O) groups excluding carboxylic acids is 1. The minimum atomic E-state index is 0.00473. The van der Waals surface area contributed by atoms with Crippen molar-refractivity contribution in [2.45, 2.75) is 33.1 Å². The van der Waals surface area contributed by atoms with Gasteiger partial charge in [0.15, 0.2) is 5.82 Å². The summed E-state index contributed by atoms with van der Waals surface area (Å²) in [4.78, 5) is 11.9. The van der Waals surface area contributed by atoms with E-state index in [9.17, 15) is 4.79 Å². The SMILES string of the molecule is CCC(CC)C(=O)Nc1ccc(NCCCOC)nn1. The Kier molecular flexibility index (Phi) is 7.57. The topological polar surface area (TPSA) is 76.1 Å². The molecule has 0 saturated carbocycles. The second kappa shape index (κ2) is 9.25. The van der Waals surface area contributed by atoms with E-state index in [1.807, 2.05) is 19.9 Å². The van der Waals surface area contributed by atoms with Gasteiger partial charge in [0.1, 0.15) is 5.82 Å². The van der Waals surface area contributed by atoms with Gasteiger partial charge in [-0.05, 0) is 31.4 Å². The maximum Gasteiger partial charge on any atom is 0.228 e. The summed E-state index contributed by atoms with van der Waals surface area (Å²) >= 11 is 0. The van der Waals surface area contributed by atoms with Gasteiger partial charge >= 0.3 is 0 Å². The predicted molar refractivity (Wildman–Crippen MR) is 79.7 cm³/mol. The molecule has 1 heterocycles. The third-order valence-electron chi connectivity index (χ3n) is 3.10. The molecule has 6 heteroatoms. The molecule has 0 aliphatic rings. The summed E-state index contributed by atoms with van der Waals surface area (Å²) in [5.74, 6) is 1.22. The first kappa shape index (κ1) is 16.4. The molecule has 2 N–H and O–H groups in total. The smallest absolute Gasteiger partial charge is 0.228 e. The zero-order valence-electron chi connectivity index (χ0n) is 12.5. The van der Waals surface area contributed by atoms with Gasteiger partial charge in [-0.1, -0.05) is 13.8 Å². The number of aromatic nitrogens is 2. The minimum Gasteiger partial charge on any atom is -0.385 e. The predicted octanol–water partition coefficient (Wildman–Crippen LogP) is 2.30. The normalized spacial score (nSPS) is 10.6. The van der Waals surface area contributed by atoms with E-state index in [2.05, 4.69) is 20.8 Å². The largest absolute Gasteiger partial charge is 0.385 e. The van der Waals surface area contributed by atoms with Crippen molar-refractivity contribution in [3.05, 3.63) is 12.1 Å². The van der Waals surface area contributed by atoms with Gasteiger partial charge in [0.25, 0.3) is 0 Å². The van der Waals surface area contributed by atoms with Crippen LogP contribution in [0.1, 0.15) is 33.1 Å². The lowest BCUT2D eigenvalue weighted by Crippen LogP contribution is -2.22. The number of anilines is 2. The van der Waals surface area contributed by atoms with Crippen molar-refractivity contribution in [3.8, 4) is 0 Å². The van der Waals surface area contributed by atoms with Crippen LogP contribution in [0.4, 0.5) is 11.6 Å². The average molecular weight is 280 g/mol. The second-order valence-electron chi connectivity index (χ2n) is 4.58. The van der Waals surface area contributed by atoms with Crippen LogP contribution in [0.15, 0.2) is 12.1 Å². The molecule has 0 saturated heterocycles. The van der Waals surface area contributed by atoms with Gasteiger partial charge in [0, 0.05) is 26.2 Å². The van der Waals surface area contributed by atoms with Crippen molar-refractivity contribution in [1.29, 1.82) is 0 Å². The van der Waals surface area contributed by atoms with Crippen LogP contribution in [-0.2, 0) is 9.53 Å². The Labute approximate surface area is 120 Å². The van der Waals surface area contributed by atoms with Crippen LogP contribution < -0.4 is 10.6 Å². The Balaban J connectivity index is 2.44. The van der Waals surface area contributed by atoms with E-state index in [0.717, 1.165) is 25.8 Å². The van der Waals surface area contributed by atoms with Crippen molar-refractivity contribution < 1.29 is 9.53 Å². The Bertz CT molecular complexity index is 391. The van der Waals surface area contributed by atoms with Crippen molar-refractivity contribution in [3.63, 3.8) is 0 Å². The second-order valence-corrected chi connectivity index (χ2v) is 4.58.